The molecule has 0 aromatic rings. The van der Waals surface area contributed by atoms with Crippen LogP contribution in [0.15, 0.2) is 0 Å². The number of thiocarbonyl (C=S) groups is 1. The van der Waals surface area contributed by atoms with E-state index in [1.807, 2.05) is 0 Å². The molecule has 0 heterocycles. The Morgan fingerprint density at radius 3 is 2.18 bits per heavy atom. The van der Waals surface area contributed by atoms with Crippen LogP contribution in [0.25, 0.3) is 0 Å². The van der Waals surface area contributed by atoms with E-state index in [9.17, 15) is 4.79 Å². The first kappa shape index (κ1) is 18.5. The van der Waals surface area contributed by atoms with Crippen LogP contribution in [0.4, 0.5) is 0 Å². The van der Waals surface area contributed by atoms with Crippen LogP contribution >= 0.6 is 24.8 Å². The van der Waals surface area contributed by atoms with Crippen LogP contribution < -0.4 is 64.4 Å². The molecule has 0 aliphatic rings. The molecule has 0 amide bonds. The van der Waals surface area contributed by atoms with Crippen molar-refractivity contribution in [3.63, 3.8) is 0 Å². The van der Waals surface area contributed by atoms with Crippen molar-refractivity contribution in [3.05, 3.63) is 0 Å². The van der Waals surface area contributed by atoms with Crippen molar-refractivity contribution in [1.29, 1.82) is 0 Å². The molecule has 0 aromatic heterocycles. The van der Waals surface area contributed by atoms with Gasteiger partial charge in [0, 0.05) is 0 Å². The summed E-state index contributed by atoms with van der Waals surface area (Å²) in [4.78, 5) is 10.1. The molecule has 0 aromatic carbocycles. The molecule has 0 aliphatic heterocycles. The van der Waals surface area contributed by atoms with E-state index in [-0.39, 0.29) is 66.3 Å². The van der Waals surface area contributed by atoms with Gasteiger partial charge in [-0.2, -0.15) is 0 Å². The predicted molar refractivity (Wildman–Crippen MR) is 44.0 cm³/mol. The third-order valence-corrected chi connectivity index (χ3v) is 0.957. The van der Waals surface area contributed by atoms with Crippen LogP contribution in [-0.4, -0.2) is 21.4 Å². The molecule has 0 rings (SSSR count). The van der Waals surface area contributed by atoms with Crippen LogP contribution in [0.5, 0.6) is 0 Å². The molecule has 0 bridgehead atoms. The van der Waals surface area contributed by atoms with Gasteiger partial charge < -0.3 is 13.3 Å². The summed E-state index contributed by atoms with van der Waals surface area (Å²) in [6.07, 6.45) is 0. The van der Waals surface area contributed by atoms with Gasteiger partial charge in [-0.3, -0.25) is 4.79 Å². The minimum atomic E-state index is -0.939. The van der Waals surface area contributed by atoms with Gasteiger partial charge >= 0.3 is 65.1 Å². The Labute approximate surface area is 124 Å². The fourth-order valence-corrected chi connectivity index (χ4v) is 0.617. The number of hydrogen-bond acceptors (Lipinski definition) is 2. The van der Waals surface area contributed by atoms with Gasteiger partial charge in [0.25, 0.3) is 0 Å². The van der Waals surface area contributed by atoms with Crippen LogP contribution in [0.1, 0.15) is 9.78 Å². The maximum atomic E-state index is 10.1. The minimum Gasteiger partial charge on any atom is -1.00 e. The van der Waals surface area contributed by atoms with Crippen molar-refractivity contribution in [2.24, 2.45) is 0 Å². The summed E-state index contributed by atoms with van der Waals surface area (Å²) >= 11 is 8.17. The van der Waals surface area contributed by atoms with E-state index in [2.05, 4.69) is 30.2 Å². The average Bonchev–Trinajstić information content (AvgIpc) is 1.63. The molecule has 2 N–H and O–H groups in total. The molecule has 1 atom stereocenters. The van der Waals surface area contributed by atoms with E-state index in [4.69, 9.17) is 5.11 Å². The molecule has 7 heteroatoms. The fourth-order valence-electron chi connectivity index (χ4n) is 0.247. The second-order valence-electron chi connectivity index (χ2n) is 1.51. The summed E-state index contributed by atoms with van der Waals surface area (Å²) in [5, 5.41) is 10.7. The topological polar surface area (TPSA) is 49.3 Å². The predicted octanol–water partition coefficient (Wildman–Crippen LogP) is -5.50. The number of carboxylic acids is 1. The monoisotopic (exact) mass is 213 g/mol. The normalized spacial score (nSPS) is 10.0. The van der Waals surface area contributed by atoms with Crippen molar-refractivity contribution in [2.45, 2.75) is 13.0 Å². The van der Waals surface area contributed by atoms with Crippen molar-refractivity contribution >= 4 is 35.1 Å². The standard InChI is InChI=1S/C4H7NO2S2.2Na.2H/c1-2(3(6)7)5-4(8)9;;;;/h2H,1H3,(H,6,7)(H2,5,8,9);;;;/q;2*+1;2*-1. The van der Waals surface area contributed by atoms with E-state index in [1.165, 1.54) is 6.92 Å². The number of nitrogens with one attached hydrogen (secondary N) is 1. The number of rotatable bonds is 2. The molecular formula is C4H9NNa2O2S2. The summed E-state index contributed by atoms with van der Waals surface area (Å²) in [6.45, 7) is 1.49. The third kappa shape index (κ3) is 11.7. The molecule has 0 saturated carbocycles. The van der Waals surface area contributed by atoms with E-state index in [1.54, 1.807) is 0 Å². The Hall–Kier alpha value is 1.71. The van der Waals surface area contributed by atoms with Crippen LogP contribution in [0.3, 0.4) is 0 Å². The molecule has 11 heavy (non-hydrogen) atoms. The first-order valence-corrected chi connectivity index (χ1v) is 3.12. The molecule has 0 radical (unpaired) electrons. The van der Waals surface area contributed by atoms with E-state index in [0.717, 1.165) is 0 Å². The fraction of sp³-hybridized carbons (Fsp3) is 0.500. The van der Waals surface area contributed by atoms with E-state index in [0.29, 0.717) is 0 Å². The van der Waals surface area contributed by atoms with Crippen molar-refractivity contribution in [3.8, 4) is 0 Å². The van der Waals surface area contributed by atoms with Gasteiger partial charge in [0.05, 0.1) is 0 Å². The number of carbonyl (C=O) groups is 1. The molecule has 0 aliphatic carbocycles. The molecular weight excluding hydrogens is 204 g/mol. The smallest absolute Gasteiger partial charge is 1.00 e. The van der Waals surface area contributed by atoms with Crippen LogP contribution in [-0.2, 0) is 4.79 Å². The zero-order valence-electron chi connectivity index (χ0n) is 8.79. The first-order valence-electron chi connectivity index (χ1n) is 2.26. The molecule has 0 saturated heterocycles. The summed E-state index contributed by atoms with van der Waals surface area (Å²) in [7, 11) is 0. The molecule has 0 spiro atoms. The maximum Gasteiger partial charge on any atom is 1.00 e. The average molecular weight is 213 g/mol. The van der Waals surface area contributed by atoms with E-state index < -0.39 is 12.0 Å². The zero-order chi connectivity index (χ0) is 7.44. The molecule has 0 fully saturated rings. The summed E-state index contributed by atoms with van der Waals surface area (Å²) in [5.74, 6) is -0.939. The second kappa shape index (κ2) is 9.80. The van der Waals surface area contributed by atoms with Crippen LogP contribution in [0.2, 0.25) is 0 Å². The zero-order valence-corrected chi connectivity index (χ0v) is 12.5. The molecule has 3 nitrogen and oxygen atoms in total. The SMILES string of the molecule is CC(NC(=S)S)C(=O)O.[H-].[H-].[Na+].[Na+]. The van der Waals surface area contributed by atoms with Gasteiger partial charge in [-0.05, 0) is 6.92 Å². The largest absolute Gasteiger partial charge is 1.00 e. The maximum absolute atomic E-state index is 10.1. The van der Waals surface area contributed by atoms with Crippen molar-refractivity contribution < 1.29 is 71.9 Å². The van der Waals surface area contributed by atoms with Gasteiger partial charge in [-0.15, -0.1) is 12.6 Å². The Morgan fingerprint density at radius 2 is 2.09 bits per heavy atom. The van der Waals surface area contributed by atoms with Gasteiger partial charge in [0.1, 0.15) is 10.4 Å². The van der Waals surface area contributed by atoms with Crippen molar-refractivity contribution in [1.82, 2.24) is 5.32 Å². The second-order valence-corrected chi connectivity index (χ2v) is 2.67. The summed E-state index contributed by atoms with van der Waals surface area (Å²) < 4.78 is 0.199. The van der Waals surface area contributed by atoms with Gasteiger partial charge in [0.15, 0.2) is 0 Å². The Kier molecular flexibility index (Phi) is 16.5. The summed E-state index contributed by atoms with van der Waals surface area (Å²) in [6, 6.07) is -0.657. The Morgan fingerprint density at radius 1 is 1.73 bits per heavy atom. The number of hydrogen-bond donors (Lipinski definition) is 3. The number of thiol groups is 1. The van der Waals surface area contributed by atoms with E-state index >= 15 is 0 Å². The van der Waals surface area contributed by atoms with Gasteiger partial charge in [-0.25, -0.2) is 0 Å². The quantitative estimate of drug-likeness (QED) is 0.243. The number of carboxylic acid groups (broad SMARTS) is 1. The summed E-state index contributed by atoms with van der Waals surface area (Å²) in [5.41, 5.74) is 0. The minimum absolute atomic E-state index is 0. The first-order chi connectivity index (χ1) is 4.04. The van der Waals surface area contributed by atoms with Gasteiger partial charge in [0.2, 0.25) is 0 Å². The van der Waals surface area contributed by atoms with Crippen LogP contribution in [0, 0.1) is 0 Å². The molecule has 56 valence electrons. The Bertz CT molecular complexity index is 152. The van der Waals surface area contributed by atoms with Gasteiger partial charge in [-0.1, -0.05) is 12.2 Å². The molecule has 1 unspecified atom stereocenters. The third-order valence-electron chi connectivity index (χ3n) is 0.710. The van der Waals surface area contributed by atoms with Crippen molar-refractivity contribution in [2.75, 3.05) is 0 Å². The number of aliphatic carboxylic acids is 1. The Balaban J connectivity index is -0.0000000533.